The molecule has 0 aliphatic heterocycles. The first kappa shape index (κ1) is 14.6. The smallest absolute Gasteiger partial charge is 0.251 e. The number of rotatable bonds is 4. The predicted octanol–water partition coefficient (Wildman–Crippen LogP) is 3.79. The Morgan fingerprint density at radius 2 is 2.00 bits per heavy atom. The van der Waals surface area contributed by atoms with E-state index in [0.29, 0.717) is 11.1 Å². The third-order valence-electron chi connectivity index (χ3n) is 3.09. The van der Waals surface area contributed by atoms with Crippen LogP contribution in [0.25, 0.3) is 0 Å². The molecular weight excluding hydrogens is 273 g/mol. The number of benzene rings is 2. The molecule has 0 spiro atoms. The van der Waals surface area contributed by atoms with Gasteiger partial charge in [-0.15, -0.1) is 11.8 Å². The van der Waals surface area contributed by atoms with E-state index in [1.807, 2.05) is 31.4 Å². The van der Waals surface area contributed by atoms with Crippen LogP contribution in [0.3, 0.4) is 0 Å². The van der Waals surface area contributed by atoms with Crippen molar-refractivity contribution in [1.82, 2.24) is 5.32 Å². The standard InChI is InChI=1S/C16H16FNOS/c1-11-7-8-13(20-2)9-14(11)16(19)18-10-12-5-3-4-6-15(12)17/h3-9H,10H2,1-2H3,(H,18,19). The number of carbonyl (C=O) groups excluding carboxylic acids is 1. The van der Waals surface area contributed by atoms with Gasteiger partial charge in [0.05, 0.1) is 0 Å². The zero-order valence-electron chi connectivity index (χ0n) is 11.4. The average molecular weight is 289 g/mol. The number of amides is 1. The molecule has 0 heterocycles. The molecule has 0 atom stereocenters. The fourth-order valence-electron chi connectivity index (χ4n) is 1.89. The van der Waals surface area contributed by atoms with E-state index < -0.39 is 0 Å². The van der Waals surface area contributed by atoms with Crippen molar-refractivity contribution in [3.63, 3.8) is 0 Å². The van der Waals surface area contributed by atoms with Gasteiger partial charge in [-0.05, 0) is 36.9 Å². The van der Waals surface area contributed by atoms with Gasteiger partial charge in [-0.2, -0.15) is 0 Å². The van der Waals surface area contributed by atoms with E-state index >= 15 is 0 Å². The van der Waals surface area contributed by atoms with Crippen molar-refractivity contribution >= 4 is 17.7 Å². The second kappa shape index (κ2) is 6.57. The second-order valence-corrected chi connectivity index (χ2v) is 5.33. The zero-order chi connectivity index (χ0) is 14.5. The van der Waals surface area contributed by atoms with E-state index in [2.05, 4.69) is 5.32 Å². The molecule has 1 amide bonds. The SMILES string of the molecule is CSc1ccc(C)c(C(=O)NCc2ccccc2F)c1. The highest BCUT2D eigenvalue weighted by atomic mass is 32.2. The molecule has 0 aliphatic carbocycles. The molecule has 1 N–H and O–H groups in total. The summed E-state index contributed by atoms with van der Waals surface area (Å²) in [6.45, 7) is 2.08. The average Bonchev–Trinajstić information content (AvgIpc) is 2.46. The summed E-state index contributed by atoms with van der Waals surface area (Å²) in [5.74, 6) is -0.482. The summed E-state index contributed by atoms with van der Waals surface area (Å²) >= 11 is 1.59. The van der Waals surface area contributed by atoms with Crippen LogP contribution >= 0.6 is 11.8 Å². The molecule has 20 heavy (non-hydrogen) atoms. The molecule has 0 aliphatic rings. The molecule has 0 bridgehead atoms. The van der Waals surface area contributed by atoms with E-state index in [-0.39, 0.29) is 18.3 Å². The Morgan fingerprint density at radius 1 is 1.25 bits per heavy atom. The van der Waals surface area contributed by atoms with Crippen molar-refractivity contribution in [2.75, 3.05) is 6.26 Å². The minimum absolute atomic E-state index is 0.179. The topological polar surface area (TPSA) is 29.1 Å². The Kier molecular flexibility index (Phi) is 4.79. The molecule has 2 aromatic rings. The summed E-state index contributed by atoms with van der Waals surface area (Å²) in [6.07, 6.45) is 1.96. The monoisotopic (exact) mass is 289 g/mol. The third kappa shape index (κ3) is 3.39. The number of hydrogen-bond donors (Lipinski definition) is 1. The number of halogens is 1. The summed E-state index contributed by atoms with van der Waals surface area (Å²) in [6, 6.07) is 12.2. The fraction of sp³-hybridized carbons (Fsp3) is 0.188. The molecular formula is C16H16FNOS. The number of hydrogen-bond acceptors (Lipinski definition) is 2. The van der Waals surface area contributed by atoms with Gasteiger partial charge in [0.1, 0.15) is 5.82 Å². The number of carbonyl (C=O) groups is 1. The Hall–Kier alpha value is -1.81. The highest BCUT2D eigenvalue weighted by Gasteiger charge is 2.10. The normalized spacial score (nSPS) is 10.3. The summed E-state index contributed by atoms with van der Waals surface area (Å²) in [5.41, 5.74) is 2.03. The van der Waals surface area contributed by atoms with Gasteiger partial charge in [-0.3, -0.25) is 4.79 Å². The van der Waals surface area contributed by atoms with E-state index in [1.54, 1.807) is 30.0 Å². The zero-order valence-corrected chi connectivity index (χ0v) is 12.3. The maximum Gasteiger partial charge on any atom is 0.251 e. The van der Waals surface area contributed by atoms with Crippen molar-refractivity contribution in [2.24, 2.45) is 0 Å². The molecule has 0 saturated heterocycles. The molecule has 0 radical (unpaired) electrons. The Labute approximate surface area is 122 Å². The molecule has 2 rings (SSSR count). The van der Waals surface area contributed by atoms with Crippen molar-refractivity contribution in [2.45, 2.75) is 18.4 Å². The molecule has 0 saturated carbocycles. The number of aryl methyl sites for hydroxylation is 1. The summed E-state index contributed by atoms with van der Waals surface area (Å²) < 4.78 is 13.5. The quantitative estimate of drug-likeness (QED) is 0.868. The number of thioether (sulfide) groups is 1. The lowest BCUT2D eigenvalue weighted by Crippen LogP contribution is -2.24. The highest BCUT2D eigenvalue weighted by molar-refractivity contribution is 7.98. The van der Waals surface area contributed by atoms with Crippen LogP contribution in [0.5, 0.6) is 0 Å². The van der Waals surface area contributed by atoms with Gasteiger partial charge in [-0.25, -0.2) is 4.39 Å². The van der Waals surface area contributed by atoms with Crippen LogP contribution in [-0.2, 0) is 6.54 Å². The predicted molar refractivity (Wildman–Crippen MR) is 80.5 cm³/mol. The number of nitrogens with one attached hydrogen (secondary N) is 1. The van der Waals surface area contributed by atoms with Crippen LogP contribution in [0.2, 0.25) is 0 Å². The first-order chi connectivity index (χ1) is 9.61. The minimum Gasteiger partial charge on any atom is -0.348 e. The van der Waals surface area contributed by atoms with Gasteiger partial charge < -0.3 is 5.32 Å². The van der Waals surface area contributed by atoms with Crippen LogP contribution in [0, 0.1) is 12.7 Å². The van der Waals surface area contributed by atoms with Gasteiger partial charge in [0.25, 0.3) is 5.91 Å². The molecule has 0 unspecified atom stereocenters. The molecule has 4 heteroatoms. The fourth-order valence-corrected chi connectivity index (χ4v) is 2.33. The van der Waals surface area contributed by atoms with Gasteiger partial charge in [0.15, 0.2) is 0 Å². The van der Waals surface area contributed by atoms with Crippen LogP contribution in [-0.4, -0.2) is 12.2 Å². The van der Waals surface area contributed by atoms with Gasteiger partial charge >= 0.3 is 0 Å². The van der Waals surface area contributed by atoms with Gasteiger partial charge in [0.2, 0.25) is 0 Å². The third-order valence-corrected chi connectivity index (χ3v) is 3.81. The van der Waals surface area contributed by atoms with Crippen molar-refractivity contribution < 1.29 is 9.18 Å². The maximum absolute atomic E-state index is 13.5. The first-order valence-corrected chi connectivity index (χ1v) is 7.50. The largest absolute Gasteiger partial charge is 0.348 e. The van der Waals surface area contributed by atoms with E-state index in [0.717, 1.165) is 10.5 Å². The van der Waals surface area contributed by atoms with Gasteiger partial charge in [-0.1, -0.05) is 24.3 Å². The van der Waals surface area contributed by atoms with Crippen LogP contribution in [0.1, 0.15) is 21.5 Å². The van der Waals surface area contributed by atoms with E-state index in [9.17, 15) is 9.18 Å². The highest BCUT2D eigenvalue weighted by Crippen LogP contribution is 2.19. The molecule has 0 aromatic heterocycles. The second-order valence-electron chi connectivity index (χ2n) is 4.45. The Bertz CT molecular complexity index is 628. The Morgan fingerprint density at radius 3 is 2.70 bits per heavy atom. The lowest BCUT2D eigenvalue weighted by Gasteiger charge is -2.09. The lowest BCUT2D eigenvalue weighted by atomic mass is 10.1. The summed E-state index contributed by atoms with van der Waals surface area (Å²) in [4.78, 5) is 13.2. The van der Waals surface area contributed by atoms with Gasteiger partial charge in [0, 0.05) is 22.6 Å². The van der Waals surface area contributed by atoms with Crippen LogP contribution < -0.4 is 5.32 Å². The lowest BCUT2D eigenvalue weighted by molar-refractivity contribution is 0.0950. The summed E-state index contributed by atoms with van der Waals surface area (Å²) in [7, 11) is 0. The molecule has 2 aromatic carbocycles. The molecule has 0 fully saturated rings. The van der Waals surface area contributed by atoms with Crippen molar-refractivity contribution in [3.05, 3.63) is 65.0 Å². The molecule has 2 nitrogen and oxygen atoms in total. The van der Waals surface area contributed by atoms with Crippen LogP contribution in [0.15, 0.2) is 47.4 Å². The van der Waals surface area contributed by atoms with Crippen molar-refractivity contribution in [1.29, 1.82) is 0 Å². The van der Waals surface area contributed by atoms with E-state index in [1.165, 1.54) is 6.07 Å². The minimum atomic E-state index is -0.303. The first-order valence-electron chi connectivity index (χ1n) is 6.28. The van der Waals surface area contributed by atoms with E-state index in [4.69, 9.17) is 0 Å². The summed E-state index contributed by atoms with van der Waals surface area (Å²) in [5, 5.41) is 2.76. The Balaban J connectivity index is 2.11. The van der Waals surface area contributed by atoms with Crippen molar-refractivity contribution in [3.8, 4) is 0 Å². The molecule has 104 valence electrons. The maximum atomic E-state index is 13.5. The van der Waals surface area contributed by atoms with Crippen LogP contribution in [0.4, 0.5) is 4.39 Å².